The lowest BCUT2D eigenvalue weighted by atomic mass is 10.1. The summed E-state index contributed by atoms with van der Waals surface area (Å²) in [6.45, 7) is 12.5. The van der Waals surface area contributed by atoms with Gasteiger partial charge in [0, 0.05) is 6.54 Å². The Morgan fingerprint density at radius 1 is 1.32 bits per heavy atom. The van der Waals surface area contributed by atoms with E-state index >= 15 is 0 Å². The monoisotopic (exact) mass is 347 g/mol. The number of carbonyl (C=O) groups is 1. The van der Waals surface area contributed by atoms with Gasteiger partial charge in [-0.2, -0.15) is 0 Å². The number of benzene rings is 1. The molecule has 0 bridgehead atoms. The van der Waals surface area contributed by atoms with Crippen molar-refractivity contribution in [1.82, 2.24) is 4.90 Å². The summed E-state index contributed by atoms with van der Waals surface area (Å²) in [5.41, 5.74) is 1.02. The van der Waals surface area contributed by atoms with Crippen LogP contribution in [0, 0.1) is 5.92 Å². The quantitative estimate of drug-likeness (QED) is 0.676. The van der Waals surface area contributed by atoms with E-state index in [2.05, 4.69) is 20.4 Å². The summed E-state index contributed by atoms with van der Waals surface area (Å²) < 4.78 is 17.2. The smallest absolute Gasteiger partial charge is 0.246 e. The van der Waals surface area contributed by atoms with Crippen molar-refractivity contribution in [3.8, 4) is 5.75 Å². The fraction of sp³-hybridized carbons (Fsp3) is 0.550. The molecule has 1 saturated heterocycles. The number of amides is 1. The van der Waals surface area contributed by atoms with Crippen LogP contribution >= 0.6 is 0 Å². The molecule has 0 aliphatic carbocycles. The minimum atomic E-state index is -0.767. The average Bonchev–Trinajstić information content (AvgIpc) is 2.60. The van der Waals surface area contributed by atoms with Crippen molar-refractivity contribution in [2.75, 3.05) is 26.4 Å². The first-order chi connectivity index (χ1) is 11.9. The van der Waals surface area contributed by atoms with E-state index in [1.807, 2.05) is 31.2 Å². The van der Waals surface area contributed by atoms with E-state index in [9.17, 15) is 4.79 Å². The molecule has 1 aliphatic rings. The normalized spacial score (nSPS) is 16.5. The minimum Gasteiger partial charge on any atom is -0.493 e. The lowest BCUT2D eigenvalue weighted by Gasteiger charge is -2.37. The van der Waals surface area contributed by atoms with Crippen LogP contribution in [0.15, 0.2) is 36.9 Å². The number of ether oxygens (including phenoxy) is 3. The summed E-state index contributed by atoms with van der Waals surface area (Å²) in [6.07, 6.45) is 2.20. The van der Waals surface area contributed by atoms with Gasteiger partial charge in [-0.05, 0) is 43.0 Å². The predicted molar refractivity (Wildman–Crippen MR) is 97.3 cm³/mol. The summed E-state index contributed by atoms with van der Waals surface area (Å²) in [5.74, 6) is 0.415. The van der Waals surface area contributed by atoms with Crippen molar-refractivity contribution in [3.63, 3.8) is 0 Å². The highest BCUT2D eigenvalue weighted by Gasteiger charge is 2.32. The number of hydrogen-bond acceptors (Lipinski definition) is 4. The second-order valence-corrected chi connectivity index (χ2v) is 6.93. The fourth-order valence-electron chi connectivity index (χ4n) is 2.63. The Morgan fingerprint density at radius 2 is 1.96 bits per heavy atom. The molecular weight excluding hydrogens is 318 g/mol. The Kier molecular flexibility index (Phi) is 7.02. The van der Waals surface area contributed by atoms with Gasteiger partial charge in [0.25, 0.3) is 0 Å². The Balaban J connectivity index is 2.01. The van der Waals surface area contributed by atoms with Crippen LogP contribution in [0.5, 0.6) is 5.75 Å². The molecule has 0 radical (unpaired) electrons. The van der Waals surface area contributed by atoms with E-state index in [0.29, 0.717) is 38.8 Å². The topological polar surface area (TPSA) is 48.0 Å². The lowest BCUT2D eigenvalue weighted by Crippen LogP contribution is -2.49. The molecule has 25 heavy (non-hydrogen) atoms. The molecule has 0 unspecified atom stereocenters. The van der Waals surface area contributed by atoms with Crippen molar-refractivity contribution in [2.24, 2.45) is 5.92 Å². The van der Waals surface area contributed by atoms with Crippen LogP contribution in [-0.2, 0) is 20.8 Å². The van der Waals surface area contributed by atoms with Crippen LogP contribution in [0.1, 0.15) is 32.8 Å². The fourth-order valence-corrected chi connectivity index (χ4v) is 2.63. The van der Waals surface area contributed by atoms with Crippen LogP contribution in [0.2, 0.25) is 0 Å². The molecule has 1 aromatic carbocycles. The molecule has 1 fully saturated rings. The summed E-state index contributed by atoms with van der Waals surface area (Å²) >= 11 is 0. The maximum atomic E-state index is 12.2. The third kappa shape index (κ3) is 6.18. The molecule has 2 rings (SSSR count). The Labute approximate surface area is 150 Å². The van der Waals surface area contributed by atoms with Gasteiger partial charge in [-0.25, -0.2) is 0 Å². The zero-order valence-corrected chi connectivity index (χ0v) is 15.5. The average molecular weight is 347 g/mol. The van der Waals surface area contributed by atoms with Crippen LogP contribution < -0.4 is 4.74 Å². The van der Waals surface area contributed by atoms with Gasteiger partial charge in [-0.1, -0.05) is 32.6 Å². The van der Waals surface area contributed by atoms with Gasteiger partial charge in [-0.15, -0.1) is 0 Å². The Bertz CT molecular complexity index is 562. The van der Waals surface area contributed by atoms with Gasteiger partial charge in [0.1, 0.15) is 5.75 Å². The SMILES string of the molecule is C=CC(=O)N(Cc1ccc(OCC(C)C)cc1)CC1(C)OCCCO1. The van der Waals surface area contributed by atoms with E-state index in [1.165, 1.54) is 6.08 Å². The van der Waals surface area contributed by atoms with Crippen LogP contribution in [-0.4, -0.2) is 43.0 Å². The molecule has 1 heterocycles. The maximum absolute atomic E-state index is 12.2. The van der Waals surface area contributed by atoms with Gasteiger partial charge < -0.3 is 19.1 Å². The number of carbonyl (C=O) groups excluding carboxylic acids is 1. The molecule has 0 spiro atoms. The molecule has 5 heteroatoms. The van der Waals surface area contributed by atoms with Gasteiger partial charge in [0.15, 0.2) is 5.79 Å². The second-order valence-electron chi connectivity index (χ2n) is 6.93. The first-order valence-electron chi connectivity index (χ1n) is 8.83. The number of nitrogens with zero attached hydrogens (tertiary/aromatic N) is 1. The van der Waals surface area contributed by atoms with E-state index in [4.69, 9.17) is 14.2 Å². The molecular formula is C20H29NO4. The highest BCUT2D eigenvalue weighted by atomic mass is 16.7. The van der Waals surface area contributed by atoms with E-state index in [-0.39, 0.29) is 5.91 Å². The zero-order valence-electron chi connectivity index (χ0n) is 15.5. The van der Waals surface area contributed by atoms with E-state index < -0.39 is 5.79 Å². The van der Waals surface area contributed by atoms with Gasteiger partial charge in [0.2, 0.25) is 5.91 Å². The van der Waals surface area contributed by atoms with Crippen molar-refractivity contribution >= 4 is 5.91 Å². The van der Waals surface area contributed by atoms with Gasteiger partial charge in [-0.3, -0.25) is 4.79 Å². The number of hydrogen-bond donors (Lipinski definition) is 0. The third-order valence-electron chi connectivity index (χ3n) is 3.95. The summed E-state index contributed by atoms with van der Waals surface area (Å²) in [5, 5.41) is 0. The van der Waals surface area contributed by atoms with Crippen LogP contribution in [0.4, 0.5) is 0 Å². The van der Waals surface area contributed by atoms with Crippen LogP contribution in [0.25, 0.3) is 0 Å². The molecule has 5 nitrogen and oxygen atoms in total. The van der Waals surface area contributed by atoms with Crippen molar-refractivity contribution in [3.05, 3.63) is 42.5 Å². The highest BCUT2D eigenvalue weighted by Crippen LogP contribution is 2.22. The summed E-state index contributed by atoms with van der Waals surface area (Å²) in [4.78, 5) is 13.9. The molecule has 0 saturated carbocycles. The molecule has 1 amide bonds. The summed E-state index contributed by atoms with van der Waals surface area (Å²) in [6, 6.07) is 7.82. The lowest BCUT2D eigenvalue weighted by molar-refractivity contribution is -0.261. The predicted octanol–water partition coefficient (Wildman–Crippen LogP) is 3.39. The first-order valence-corrected chi connectivity index (χ1v) is 8.83. The standard InChI is InChI=1S/C20H29NO4/c1-5-19(22)21(15-20(4)24-11-6-12-25-20)13-17-7-9-18(10-8-17)23-14-16(2)3/h5,7-10,16H,1,6,11-15H2,2-4H3. The molecule has 1 aromatic rings. The van der Waals surface area contributed by atoms with Crippen molar-refractivity contribution < 1.29 is 19.0 Å². The van der Waals surface area contributed by atoms with E-state index in [0.717, 1.165) is 17.7 Å². The third-order valence-corrected chi connectivity index (χ3v) is 3.95. The molecule has 0 N–H and O–H groups in total. The van der Waals surface area contributed by atoms with Crippen molar-refractivity contribution in [1.29, 1.82) is 0 Å². The first kappa shape index (κ1) is 19.5. The molecule has 0 aromatic heterocycles. The largest absolute Gasteiger partial charge is 0.493 e. The van der Waals surface area contributed by atoms with Gasteiger partial charge >= 0.3 is 0 Å². The second kappa shape index (κ2) is 9.02. The van der Waals surface area contributed by atoms with E-state index in [1.54, 1.807) is 4.90 Å². The Hall–Kier alpha value is -1.85. The molecule has 138 valence electrons. The van der Waals surface area contributed by atoms with Crippen molar-refractivity contribution in [2.45, 2.75) is 39.5 Å². The number of rotatable bonds is 8. The Morgan fingerprint density at radius 3 is 2.52 bits per heavy atom. The maximum Gasteiger partial charge on any atom is 0.246 e. The van der Waals surface area contributed by atoms with Crippen LogP contribution in [0.3, 0.4) is 0 Å². The summed E-state index contributed by atoms with van der Waals surface area (Å²) in [7, 11) is 0. The minimum absolute atomic E-state index is 0.140. The molecule has 1 aliphatic heterocycles. The van der Waals surface area contributed by atoms with Gasteiger partial charge in [0.05, 0.1) is 26.4 Å². The zero-order chi connectivity index (χ0) is 18.3. The highest BCUT2D eigenvalue weighted by molar-refractivity contribution is 5.87. The molecule has 0 atom stereocenters.